The van der Waals surface area contributed by atoms with Crippen LogP contribution in [0.4, 0.5) is 10.5 Å². The summed E-state index contributed by atoms with van der Waals surface area (Å²) in [6.07, 6.45) is 4.10. The van der Waals surface area contributed by atoms with Crippen molar-refractivity contribution >= 4 is 11.7 Å². The lowest BCUT2D eigenvalue weighted by Gasteiger charge is -2.30. The number of rotatable bonds is 5. The summed E-state index contributed by atoms with van der Waals surface area (Å²) < 4.78 is 0. The highest BCUT2D eigenvalue weighted by Gasteiger charge is 2.39. The van der Waals surface area contributed by atoms with Gasteiger partial charge in [-0.15, -0.1) is 0 Å². The molecular formula is C19H29N3O2. The van der Waals surface area contributed by atoms with Crippen molar-refractivity contribution < 1.29 is 9.90 Å². The van der Waals surface area contributed by atoms with Crippen LogP contribution in [-0.4, -0.2) is 43.4 Å². The van der Waals surface area contributed by atoms with Crippen LogP contribution in [0, 0.1) is 11.3 Å². The second kappa shape index (κ2) is 7.43. The molecule has 1 aliphatic carbocycles. The zero-order valence-corrected chi connectivity index (χ0v) is 14.5. The Morgan fingerprint density at radius 1 is 1.33 bits per heavy atom. The summed E-state index contributed by atoms with van der Waals surface area (Å²) in [7, 11) is 0. The predicted octanol–water partition coefficient (Wildman–Crippen LogP) is 2.36. The number of para-hydroxylation sites is 1. The van der Waals surface area contributed by atoms with Gasteiger partial charge in [-0.2, -0.15) is 0 Å². The number of carbonyl (C=O) groups is 1. The lowest BCUT2D eigenvalue weighted by atomic mass is 9.86. The molecule has 1 heterocycles. The zero-order valence-electron chi connectivity index (χ0n) is 14.5. The minimum atomic E-state index is -0.172. The van der Waals surface area contributed by atoms with Crippen LogP contribution in [-0.2, 0) is 0 Å². The average molecular weight is 331 g/mol. The first-order valence-corrected chi connectivity index (χ1v) is 9.06. The molecule has 0 bridgehead atoms. The van der Waals surface area contributed by atoms with E-state index < -0.39 is 0 Å². The van der Waals surface area contributed by atoms with Gasteiger partial charge in [-0.1, -0.05) is 31.5 Å². The molecule has 0 radical (unpaired) electrons. The first-order chi connectivity index (χ1) is 11.6. The number of aliphatic hydroxyl groups excluding tert-OH is 1. The Morgan fingerprint density at radius 2 is 2.12 bits per heavy atom. The largest absolute Gasteiger partial charge is 0.396 e. The number of carbonyl (C=O) groups excluding carboxylic acids is 1. The molecule has 5 nitrogen and oxygen atoms in total. The summed E-state index contributed by atoms with van der Waals surface area (Å²) in [6, 6.07) is 10.4. The highest BCUT2D eigenvalue weighted by Crippen LogP contribution is 2.37. The molecule has 24 heavy (non-hydrogen) atoms. The zero-order chi connectivity index (χ0) is 17.0. The van der Waals surface area contributed by atoms with Crippen LogP contribution in [0.1, 0.15) is 32.6 Å². The van der Waals surface area contributed by atoms with E-state index in [0.717, 1.165) is 38.8 Å². The molecule has 3 N–H and O–H groups in total. The van der Waals surface area contributed by atoms with Crippen molar-refractivity contribution in [1.29, 1.82) is 0 Å². The lowest BCUT2D eigenvalue weighted by Crippen LogP contribution is -2.49. The van der Waals surface area contributed by atoms with Crippen molar-refractivity contribution in [2.24, 2.45) is 11.3 Å². The van der Waals surface area contributed by atoms with E-state index >= 15 is 0 Å². The third-order valence-corrected chi connectivity index (χ3v) is 5.71. The summed E-state index contributed by atoms with van der Waals surface area (Å²) in [5, 5.41) is 15.7. The molecule has 132 valence electrons. The summed E-state index contributed by atoms with van der Waals surface area (Å²) in [6.45, 7) is 4.93. The van der Waals surface area contributed by atoms with Gasteiger partial charge < -0.3 is 20.6 Å². The summed E-state index contributed by atoms with van der Waals surface area (Å²) in [5.41, 5.74) is 1.09. The van der Waals surface area contributed by atoms with E-state index in [2.05, 4.69) is 46.7 Å². The molecule has 3 rings (SSSR count). The van der Waals surface area contributed by atoms with Crippen LogP contribution in [0.2, 0.25) is 0 Å². The third kappa shape index (κ3) is 3.83. The van der Waals surface area contributed by atoms with Crippen molar-refractivity contribution in [3.8, 4) is 0 Å². The molecule has 3 atom stereocenters. The highest BCUT2D eigenvalue weighted by molar-refractivity contribution is 5.74. The topological polar surface area (TPSA) is 64.6 Å². The molecule has 1 saturated carbocycles. The molecule has 1 saturated heterocycles. The van der Waals surface area contributed by atoms with Gasteiger partial charge in [0.05, 0.1) is 6.61 Å². The van der Waals surface area contributed by atoms with Gasteiger partial charge in [0.2, 0.25) is 0 Å². The molecule has 0 aromatic heterocycles. The summed E-state index contributed by atoms with van der Waals surface area (Å²) in [4.78, 5) is 14.6. The van der Waals surface area contributed by atoms with Gasteiger partial charge in [0, 0.05) is 36.8 Å². The van der Waals surface area contributed by atoms with Crippen LogP contribution in [0.3, 0.4) is 0 Å². The number of anilines is 1. The summed E-state index contributed by atoms with van der Waals surface area (Å²) in [5.74, 6) is 0.490. The molecule has 3 unspecified atom stereocenters. The molecule has 1 aliphatic heterocycles. The van der Waals surface area contributed by atoms with Gasteiger partial charge in [0.25, 0.3) is 0 Å². The van der Waals surface area contributed by atoms with Crippen molar-refractivity contribution in [3.05, 3.63) is 30.3 Å². The Morgan fingerprint density at radius 3 is 2.88 bits per heavy atom. The fourth-order valence-corrected chi connectivity index (χ4v) is 3.99. The Balaban J connectivity index is 1.43. The van der Waals surface area contributed by atoms with Gasteiger partial charge in [0.15, 0.2) is 0 Å². The van der Waals surface area contributed by atoms with Gasteiger partial charge in [-0.05, 0) is 37.3 Å². The molecule has 2 amide bonds. The fraction of sp³-hybridized carbons (Fsp3) is 0.632. The Bertz CT molecular complexity index is 551. The first-order valence-electron chi connectivity index (χ1n) is 9.06. The molecule has 2 fully saturated rings. The van der Waals surface area contributed by atoms with Gasteiger partial charge in [0.1, 0.15) is 0 Å². The molecule has 1 aromatic carbocycles. The smallest absolute Gasteiger partial charge is 0.315 e. The number of hydrogen-bond donors (Lipinski definition) is 3. The Kier molecular flexibility index (Phi) is 5.29. The standard InChI is InChI=1S/C19H29N3O2/c1-19(14-23)10-5-8-17(19)21-18(24)20-12-15-9-11-22(13-15)16-6-3-2-4-7-16/h2-4,6-7,15,17,23H,5,8-14H2,1H3,(H2,20,21,24). The monoisotopic (exact) mass is 331 g/mol. The molecule has 1 aromatic rings. The van der Waals surface area contributed by atoms with Crippen molar-refractivity contribution in [1.82, 2.24) is 10.6 Å². The number of urea groups is 1. The lowest BCUT2D eigenvalue weighted by molar-refractivity contribution is 0.121. The molecular weight excluding hydrogens is 302 g/mol. The number of amides is 2. The SMILES string of the molecule is CC1(CO)CCCC1NC(=O)NCC1CCN(c2ccccc2)C1. The Hall–Kier alpha value is -1.75. The minimum Gasteiger partial charge on any atom is -0.396 e. The first kappa shape index (κ1) is 17.1. The van der Waals surface area contributed by atoms with E-state index in [1.165, 1.54) is 5.69 Å². The quantitative estimate of drug-likeness (QED) is 0.776. The van der Waals surface area contributed by atoms with E-state index in [0.29, 0.717) is 12.5 Å². The van der Waals surface area contributed by atoms with Crippen LogP contribution < -0.4 is 15.5 Å². The minimum absolute atomic E-state index is 0.0758. The van der Waals surface area contributed by atoms with Crippen molar-refractivity contribution in [2.75, 3.05) is 31.1 Å². The maximum absolute atomic E-state index is 12.2. The van der Waals surface area contributed by atoms with Crippen LogP contribution in [0.15, 0.2) is 30.3 Å². The average Bonchev–Trinajstić information content (AvgIpc) is 3.22. The number of nitrogens with zero attached hydrogens (tertiary/aromatic N) is 1. The second-order valence-electron chi connectivity index (χ2n) is 7.55. The summed E-state index contributed by atoms with van der Waals surface area (Å²) >= 11 is 0. The number of aliphatic hydroxyl groups is 1. The van der Waals surface area contributed by atoms with E-state index in [1.54, 1.807) is 0 Å². The number of nitrogens with one attached hydrogen (secondary N) is 2. The molecule has 0 spiro atoms. The maximum atomic E-state index is 12.2. The number of hydrogen-bond acceptors (Lipinski definition) is 3. The normalized spacial score (nSPS) is 29.7. The molecule has 5 heteroatoms. The predicted molar refractivity (Wildman–Crippen MR) is 96.1 cm³/mol. The fourth-order valence-electron chi connectivity index (χ4n) is 3.99. The van der Waals surface area contributed by atoms with Crippen LogP contribution >= 0.6 is 0 Å². The van der Waals surface area contributed by atoms with E-state index in [9.17, 15) is 9.90 Å². The van der Waals surface area contributed by atoms with Crippen molar-refractivity contribution in [2.45, 2.75) is 38.6 Å². The third-order valence-electron chi connectivity index (χ3n) is 5.71. The van der Waals surface area contributed by atoms with Gasteiger partial charge in [-0.25, -0.2) is 4.79 Å². The van der Waals surface area contributed by atoms with E-state index in [4.69, 9.17) is 0 Å². The van der Waals surface area contributed by atoms with Crippen molar-refractivity contribution in [3.63, 3.8) is 0 Å². The second-order valence-corrected chi connectivity index (χ2v) is 7.55. The van der Waals surface area contributed by atoms with Gasteiger partial charge in [-0.3, -0.25) is 0 Å². The number of benzene rings is 1. The van der Waals surface area contributed by atoms with E-state index in [-0.39, 0.29) is 24.1 Å². The maximum Gasteiger partial charge on any atom is 0.315 e. The highest BCUT2D eigenvalue weighted by atomic mass is 16.3. The Labute approximate surface area is 144 Å². The van der Waals surface area contributed by atoms with E-state index in [1.807, 2.05) is 6.07 Å². The van der Waals surface area contributed by atoms with Crippen LogP contribution in [0.5, 0.6) is 0 Å². The van der Waals surface area contributed by atoms with Crippen LogP contribution in [0.25, 0.3) is 0 Å². The van der Waals surface area contributed by atoms with Gasteiger partial charge >= 0.3 is 6.03 Å². The molecule has 2 aliphatic rings.